The third-order valence-corrected chi connectivity index (χ3v) is 8.28. The molecule has 2 aromatic carbocycles. The number of hydrogen-bond acceptors (Lipinski definition) is 6. The van der Waals surface area contributed by atoms with Gasteiger partial charge in [-0.1, -0.05) is 52.0 Å². The molecular weight excluding hydrogens is 536 g/mol. The molecule has 0 spiro atoms. The molecule has 1 aliphatic heterocycles. The number of rotatable bonds is 7. The predicted molar refractivity (Wildman–Crippen MR) is 177 cm³/mol. The van der Waals surface area contributed by atoms with Gasteiger partial charge in [0.2, 0.25) is 0 Å². The van der Waals surface area contributed by atoms with Crippen molar-refractivity contribution in [3.8, 4) is 11.1 Å². The molecule has 0 atom stereocenters. The summed E-state index contributed by atoms with van der Waals surface area (Å²) < 4.78 is 1.57. The molecule has 43 heavy (non-hydrogen) atoms. The monoisotopic (exact) mass is 578 g/mol. The molecule has 0 bridgehead atoms. The van der Waals surface area contributed by atoms with Gasteiger partial charge in [0, 0.05) is 56.2 Å². The summed E-state index contributed by atoms with van der Waals surface area (Å²) in [5.74, 6) is 0.450. The Balaban J connectivity index is 1.34. The van der Waals surface area contributed by atoms with Crippen LogP contribution in [0.15, 0.2) is 77.9 Å². The Labute approximate surface area is 254 Å². The number of aryl methyl sites for hydroxylation is 1. The summed E-state index contributed by atoms with van der Waals surface area (Å²) >= 11 is 0. The Morgan fingerprint density at radius 3 is 2.30 bits per heavy atom. The molecule has 2 N–H and O–H groups in total. The molecule has 2 aromatic heterocycles. The van der Waals surface area contributed by atoms with Crippen LogP contribution in [0.4, 0.5) is 22.9 Å². The lowest BCUT2D eigenvalue weighted by atomic mass is 9.86. The zero-order valence-corrected chi connectivity index (χ0v) is 26.1. The number of nitrogens with one attached hydrogen (secondary N) is 2. The van der Waals surface area contributed by atoms with Crippen molar-refractivity contribution in [2.75, 3.05) is 48.3 Å². The maximum Gasteiger partial charge on any atom is 0.274 e. The SMILES string of the molecule is CCN1CCN(c2ccc(Nc3cc(-c4cccc(NC(=O)c5ccc(C(C)(C)C)cc5)c4C)cn(C)c3=O)nc2)CC1. The van der Waals surface area contributed by atoms with Crippen molar-refractivity contribution >= 4 is 28.8 Å². The largest absolute Gasteiger partial charge is 0.368 e. The van der Waals surface area contributed by atoms with Crippen LogP contribution in [-0.4, -0.2) is 53.1 Å². The zero-order chi connectivity index (χ0) is 30.7. The second kappa shape index (κ2) is 12.4. The summed E-state index contributed by atoms with van der Waals surface area (Å²) in [5, 5.41) is 6.30. The highest BCUT2D eigenvalue weighted by Gasteiger charge is 2.18. The van der Waals surface area contributed by atoms with Crippen molar-refractivity contribution in [1.82, 2.24) is 14.5 Å². The zero-order valence-electron chi connectivity index (χ0n) is 26.1. The highest BCUT2D eigenvalue weighted by atomic mass is 16.1. The molecule has 1 aliphatic rings. The van der Waals surface area contributed by atoms with Crippen molar-refractivity contribution in [2.45, 2.75) is 40.0 Å². The fourth-order valence-corrected chi connectivity index (χ4v) is 5.46. The number of piperazine rings is 1. The van der Waals surface area contributed by atoms with Crippen LogP contribution in [0.3, 0.4) is 0 Å². The van der Waals surface area contributed by atoms with Crippen LogP contribution in [0.25, 0.3) is 11.1 Å². The third-order valence-electron chi connectivity index (χ3n) is 8.28. The molecule has 5 rings (SSSR count). The van der Waals surface area contributed by atoms with Gasteiger partial charge in [0.1, 0.15) is 11.5 Å². The van der Waals surface area contributed by atoms with Gasteiger partial charge in [-0.25, -0.2) is 4.98 Å². The topological polar surface area (TPSA) is 82.5 Å². The molecule has 8 nitrogen and oxygen atoms in total. The van der Waals surface area contributed by atoms with E-state index in [1.807, 2.05) is 73.9 Å². The molecule has 1 amide bonds. The predicted octanol–water partition coefficient (Wildman–Crippen LogP) is 6.19. The van der Waals surface area contributed by atoms with E-state index < -0.39 is 0 Å². The lowest BCUT2D eigenvalue weighted by Crippen LogP contribution is -2.46. The number of carbonyl (C=O) groups is 1. The number of pyridine rings is 2. The number of hydrogen-bond donors (Lipinski definition) is 2. The van der Waals surface area contributed by atoms with E-state index in [-0.39, 0.29) is 16.9 Å². The average molecular weight is 579 g/mol. The lowest BCUT2D eigenvalue weighted by Gasteiger charge is -2.35. The minimum atomic E-state index is -0.162. The molecule has 0 saturated carbocycles. The lowest BCUT2D eigenvalue weighted by molar-refractivity contribution is 0.102. The van der Waals surface area contributed by atoms with E-state index in [4.69, 9.17) is 0 Å². The van der Waals surface area contributed by atoms with Gasteiger partial charge in [0.15, 0.2) is 0 Å². The van der Waals surface area contributed by atoms with Crippen LogP contribution >= 0.6 is 0 Å². The van der Waals surface area contributed by atoms with Gasteiger partial charge in [-0.05, 0) is 72.0 Å². The van der Waals surface area contributed by atoms with Crippen LogP contribution in [0.2, 0.25) is 0 Å². The van der Waals surface area contributed by atoms with Crippen LogP contribution < -0.4 is 21.1 Å². The quantitative estimate of drug-likeness (QED) is 0.272. The maximum absolute atomic E-state index is 13.1. The number of benzene rings is 2. The fraction of sp³-hybridized carbons (Fsp3) is 0.343. The minimum Gasteiger partial charge on any atom is -0.368 e. The van der Waals surface area contributed by atoms with Crippen molar-refractivity contribution in [1.29, 1.82) is 0 Å². The molecule has 1 fully saturated rings. The molecule has 1 saturated heterocycles. The van der Waals surface area contributed by atoms with Gasteiger partial charge in [0.25, 0.3) is 11.5 Å². The Hall–Kier alpha value is -4.43. The first-order valence-electron chi connectivity index (χ1n) is 15.0. The van der Waals surface area contributed by atoms with Crippen LogP contribution in [0.5, 0.6) is 0 Å². The Bertz CT molecular complexity index is 1640. The minimum absolute atomic E-state index is 0.0210. The van der Waals surface area contributed by atoms with Crippen molar-refractivity contribution in [3.63, 3.8) is 0 Å². The van der Waals surface area contributed by atoms with Crippen molar-refractivity contribution in [3.05, 3.63) is 100 Å². The van der Waals surface area contributed by atoms with Crippen LogP contribution in [0, 0.1) is 6.92 Å². The van der Waals surface area contributed by atoms with Gasteiger partial charge in [0.05, 0.1) is 11.9 Å². The first kappa shape index (κ1) is 30.0. The van der Waals surface area contributed by atoms with Gasteiger partial charge >= 0.3 is 0 Å². The third kappa shape index (κ3) is 6.81. The van der Waals surface area contributed by atoms with Crippen molar-refractivity contribution < 1.29 is 4.79 Å². The van der Waals surface area contributed by atoms with E-state index >= 15 is 0 Å². The molecule has 0 aliphatic carbocycles. The number of carbonyl (C=O) groups excluding carboxylic acids is 1. The average Bonchev–Trinajstić information content (AvgIpc) is 3.00. The molecular formula is C35H42N6O2. The highest BCUT2D eigenvalue weighted by molar-refractivity contribution is 6.05. The van der Waals surface area contributed by atoms with Gasteiger partial charge < -0.3 is 25.0 Å². The summed E-state index contributed by atoms with van der Waals surface area (Å²) in [6, 6.07) is 19.4. The number of aromatic nitrogens is 2. The van der Waals surface area contributed by atoms with E-state index in [2.05, 4.69) is 59.2 Å². The van der Waals surface area contributed by atoms with E-state index in [1.165, 1.54) is 5.56 Å². The van der Waals surface area contributed by atoms with Gasteiger partial charge in [-0.2, -0.15) is 0 Å². The maximum atomic E-state index is 13.1. The second-order valence-electron chi connectivity index (χ2n) is 12.3. The summed E-state index contributed by atoms with van der Waals surface area (Å²) in [4.78, 5) is 35.6. The van der Waals surface area contributed by atoms with Gasteiger partial charge in [-0.3, -0.25) is 9.59 Å². The number of amides is 1. The molecule has 8 heteroatoms. The Morgan fingerprint density at radius 1 is 0.953 bits per heavy atom. The summed E-state index contributed by atoms with van der Waals surface area (Å²) in [6.45, 7) is 15.8. The molecule has 0 radical (unpaired) electrons. The Kier molecular flexibility index (Phi) is 8.69. The van der Waals surface area contributed by atoms with Crippen LogP contribution in [-0.2, 0) is 12.5 Å². The molecule has 224 valence electrons. The number of nitrogens with zero attached hydrogens (tertiary/aromatic N) is 4. The van der Waals surface area contributed by atoms with E-state index in [1.54, 1.807) is 11.6 Å². The molecule has 3 heterocycles. The first-order chi connectivity index (χ1) is 20.5. The Morgan fingerprint density at radius 2 is 1.67 bits per heavy atom. The smallest absolute Gasteiger partial charge is 0.274 e. The van der Waals surface area contributed by atoms with E-state index in [9.17, 15) is 9.59 Å². The number of likely N-dealkylation sites (N-methyl/N-ethyl adjacent to an activating group) is 1. The van der Waals surface area contributed by atoms with E-state index in [0.29, 0.717) is 17.1 Å². The highest BCUT2D eigenvalue weighted by Crippen LogP contribution is 2.30. The molecule has 4 aromatic rings. The standard InChI is InChI=1S/C35H42N6O2/c1-7-40-17-19-41(20-18-40)28-15-16-32(36-22-28)37-31-21-26(23-39(6)34(31)43)29-9-8-10-30(24(29)2)38-33(42)25-11-13-27(14-12-25)35(3,4)5/h8-16,21-23H,7,17-20H2,1-6H3,(H,36,37)(H,38,42). The summed E-state index contributed by atoms with van der Waals surface area (Å²) in [5.41, 5.74) is 6.60. The molecule has 0 unspecified atom stereocenters. The van der Waals surface area contributed by atoms with E-state index in [0.717, 1.165) is 60.8 Å². The van der Waals surface area contributed by atoms with Crippen molar-refractivity contribution in [2.24, 2.45) is 7.05 Å². The summed E-state index contributed by atoms with van der Waals surface area (Å²) in [7, 11) is 1.74. The number of anilines is 4. The normalized spacial score (nSPS) is 14.0. The first-order valence-corrected chi connectivity index (χ1v) is 15.0. The summed E-state index contributed by atoms with van der Waals surface area (Å²) in [6.07, 6.45) is 3.68. The van der Waals surface area contributed by atoms with Gasteiger partial charge in [-0.15, -0.1) is 0 Å². The second-order valence-corrected chi connectivity index (χ2v) is 12.3. The van der Waals surface area contributed by atoms with Crippen LogP contribution in [0.1, 0.15) is 49.2 Å². The fourth-order valence-electron chi connectivity index (χ4n) is 5.46.